The summed E-state index contributed by atoms with van der Waals surface area (Å²) in [4.78, 5) is 29.0. The van der Waals surface area contributed by atoms with Crippen LogP contribution in [0.25, 0.3) is 10.8 Å². The van der Waals surface area contributed by atoms with Crippen LogP contribution >= 0.6 is 0 Å². The molecule has 1 heterocycles. The highest BCUT2D eigenvalue weighted by Crippen LogP contribution is 2.30. The maximum atomic E-state index is 14.0. The number of ether oxygens (including phenoxy) is 1. The maximum Gasteiger partial charge on any atom is 0.249 e. The molecule has 38 heavy (non-hydrogen) atoms. The number of methoxy groups -OCH3 is 1. The number of nitrogens with one attached hydrogen (secondary N) is 1. The molecule has 3 unspecified atom stereocenters. The van der Waals surface area contributed by atoms with E-state index >= 15 is 0 Å². The van der Waals surface area contributed by atoms with Crippen molar-refractivity contribution in [3.05, 3.63) is 115 Å². The van der Waals surface area contributed by atoms with E-state index in [1.54, 1.807) is 13.2 Å². The molecule has 1 N–H and O–H groups in total. The molecule has 3 aromatic carbocycles. The quantitative estimate of drug-likeness (QED) is 0.242. The fourth-order valence-corrected chi connectivity index (χ4v) is 5.37. The molecule has 0 spiro atoms. The largest absolute Gasteiger partial charge is 0.496 e. The van der Waals surface area contributed by atoms with Crippen LogP contribution in [0.2, 0.25) is 0 Å². The van der Waals surface area contributed by atoms with Gasteiger partial charge in [-0.15, -0.1) is 6.58 Å². The maximum absolute atomic E-state index is 14.0. The number of para-hydroxylation sites is 1. The molecule has 0 saturated carbocycles. The number of amides is 2. The van der Waals surface area contributed by atoms with Gasteiger partial charge in [0.25, 0.3) is 0 Å². The zero-order valence-corrected chi connectivity index (χ0v) is 21.6. The lowest BCUT2D eigenvalue weighted by atomic mass is 10.0. The van der Waals surface area contributed by atoms with E-state index in [1.165, 1.54) is 4.90 Å². The van der Waals surface area contributed by atoms with Crippen molar-refractivity contribution in [2.45, 2.75) is 31.5 Å². The van der Waals surface area contributed by atoms with Crippen molar-refractivity contribution in [1.82, 2.24) is 15.3 Å². The topological polar surface area (TPSA) is 61.9 Å². The number of rotatable bonds is 10. The molecule has 1 saturated heterocycles. The fourth-order valence-electron chi connectivity index (χ4n) is 5.37. The Morgan fingerprint density at radius 2 is 1.76 bits per heavy atom. The van der Waals surface area contributed by atoms with Gasteiger partial charge in [0.2, 0.25) is 11.8 Å². The van der Waals surface area contributed by atoms with E-state index in [2.05, 4.69) is 24.2 Å². The normalized spacial score (nSPS) is 21.0. The summed E-state index contributed by atoms with van der Waals surface area (Å²) in [6.07, 6.45) is 11.2. The SMILES string of the molecule is C=CC1C(=O)N(Cc2cccc3ccccc23)C(=O)C1N(CCc1ccccc1OC)NC1C=CC=CC1. The molecule has 0 aromatic heterocycles. The van der Waals surface area contributed by atoms with E-state index in [4.69, 9.17) is 4.74 Å². The number of hydrogen-bond donors (Lipinski definition) is 1. The molecule has 1 fully saturated rings. The van der Waals surface area contributed by atoms with Gasteiger partial charge in [-0.1, -0.05) is 91.0 Å². The lowest BCUT2D eigenvalue weighted by molar-refractivity contribution is -0.141. The first kappa shape index (κ1) is 25.6. The molecule has 3 atom stereocenters. The third-order valence-electron chi connectivity index (χ3n) is 7.34. The van der Waals surface area contributed by atoms with E-state index in [0.717, 1.165) is 34.1 Å². The number of carbonyl (C=O) groups excluding carboxylic acids is 2. The standard InChI is InChI=1S/C32H33N3O3/c1-3-27-30(32(37)34(31(27)36)22-25-15-11-14-23-12-7-9-18-28(23)25)35(33-26-16-5-4-6-17-26)21-20-24-13-8-10-19-29(24)38-2/h3-16,18-19,26-27,30,33H,1,17,20-22H2,2H3. The van der Waals surface area contributed by atoms with Gasteiger partial charge >= 0.3 is 0 Å². The minimum atomic E-state index is -0.691. The van der Waals surface area contributed by atoms with Crippen LogP contribution in [0, 0.1) is 5.92 Å². The predicted octanol–water partition coefficient (Wildman–Crippen LogP) is 4.82. The Morgan fingerprint density at radius 1 is 1.00 bits per heavy atom. The van der Waals surface area contributed by atoms with Gasteiger partial charge in [-0.25, -0.2) is 10.4 Å². The third-order valence-corrected chi connectivity index (χ3v) is 7.34. The summed E-state index contributed by atoms with van der Waals surface area (Å²) >= 11 is 0. The van der Waals surface area contributed by atoms with Gasteiger partial charge in [-0.3, -0.25) is 14.5 Å². The second kappa shape index (κ2) is 11.6. The zero-order chi connectivity index (χ0) is 26.5. The number of fused-ring (bicyclic) bond motifs is 1. The summed E-state index contributed by atoms with van der Waals surface area (Å²) in [5.74, 6) is -0.271. The summed E-state index contributed by atoms with van der Waals surface area (Å²) < 4.78 is 5.55. The van der Waals surface area contributed by atoms with Crippen LogP contribution in [0.1, 0.15) is 17.5 Å². The predicted molar refractivity (Wildman–Crippen MR) is 150 cm³/mol. The Balaban J connectivity index is 1.43. The minimum Gasteiger partial charge on any atom is -0.496 e. The van der Waals surface area contributed by atoms with Gasteiger partial charge in [0.1, 0.15) is 11.8 Å². The summed E-state index contributed by atoms with van der Waals surface area (Å²) in [7, 11) is 1.66. The third kappa shape index (κ3) is 5.19. The highest BCUT2D eigenvalue weighted by atomic mass is 16.5. The Hall–Kier alpha value is -4.00. The monoisotopic (exact) mass is 507 g/mol. The van der Waals surface area contributed by atoms with Gasteiger partial charge in [0, 0.05) is 12.6 Å². The molecule has 3 aromatic rings. The molecule has 6 heteroatoms. The molecule has 2 aliphatic rings. The summed E-state index contributed by atoms with van der Waals surface area (Å²) in [5, 5.41) is 4.06. The number of hydrogen-bond acceptors (Lipinski definition) is 5. The van der Waals surface area contributed by atoms with Gasteiger partial charge in [0.05, 0.1) is 19.6 Å². The van der Waals surface area contributed by atoms with E-state index in [9.17, 15) is 9.59 Å². The first-order valence-corrected chi connectivity index (χ1v) is 13.0. The lowest BCUT2D eigenvalue weighted by Gasteiger charge is -2.33. The van der Waals surface area contributed by atoms with E-state index in [-0.39, 0.29) is 24.4 Å². The Bertz CT molecular complexity index is 1390. The van der Waals surface area contributed by atoms with Gasteiger partial charge < -0.3 is 4.74 Å². The molecule has 2 amide bonds. The molecule has 1 aliphatic heterocycles. The van der Waals surface area contributed by atoms with E-state index < -0.39 is 12.0 Å². The molecule has 0 bridgehead atoms. The van der Waals surface area contributed by atoms with Gasteiger partial charge in [-0.05, 0) is 40.8 Å². The molecule has 5 rings (SSSR count). The molecule has 1 aliphatic carbocycles. The zero-order valence-electron chi connectivity index (χ0n) is 21.6. The molecular weight excluding hydrogens is 474 g/mol. The summed E-state index contributed by atoms with van der Waals surface area (Å²) in [5.41, 5.74) is 5.53. The Morgan fingerprint density at radius 3 is 2.55 bits per heavy atom. The Labute approximate surface area is 223 Å². The molecule has 194 valence electrons. The number of benzene rings is 3. The van der Waals surface area contributed by atoms with Crippen molar-refractivity contribution < 1.29 is 14.3 Å². The van der Waals surface area contributed by atoms with Crippen molar-refractivity contribution >= 4 is 22.6 Å². The van der Waals surface area contributed by atoms with Crippen molar-refractivity contribution in [3.8, 4) is 5.75 Å². The number of allylic oxidation sites excluding steroid dienone is 2. The number of imide groups is 1. The van der Waals surface area contributed by atoms with Crippen molar-refractivity contribution in [3.63, 3.8) is 0 Å². The number of nitrogens with zero attached hydrogens (tertiary/aromatic N) is 2. The summed E-state index contributed by atoms with van der Waals surface area (Å²) in [6.45, 7) is 4.69. The molecule has 0 radical (unpaired) electrons. The second-order valence-corrected chi connectivity index (χ2v) is 9.65. The van der Waals surface area contributed by atoms with Crippen LogP contribution in [0.5, 0.6) is 5.75 Å². The lowest BCUT2D eigenvalue weighted by Crippen LogP contribution is -2.55. The van der Waals surface area contributed by atoms with E-state index in [0.29, 0.717) is 13.0 Å². The average Bonchev–Trinajstić information content (AvgIpc) is 3.20. The first-order chi connectivity index (χ1) is 18.6. The van der Waals surface area contributed by atoms with Gasteiger partial charge in [-0.2, -0.15) is 0 Å². The second-order valence-electron chi connectivity index (χ2n) is 9.65. The number of carbonyl (C=O) groups is 2. The van der Waals surface area contributed by atoms with Crippen molar-refractivity contribution in [2.75, 3.05) is 13.7 Å². The van der Waals surface area contributed by atoms with Crippen LogP contribution in [0.4, 0.5) is 0 Å². The van der Waals surface area contributed by atoms with Gasteiger partial charge in [0.15, 0.2) is 0 Å². The van der Waals surface area contributed by atoms with Crippen molar-refractivity contribution in [2.24, 2.45) is 5.92 Å². The Kier molecular flexibility index (Phi) is 7.82. The number of likely N-dealkylation sites (tertiary alicyclic amines) is 1. The fraction of sp³-hybridized carbons (Fsp3) is 0.250. The minimum absolute atomic E-state index is 0.0261. The van der Waals surface area contributed by atoms with Crippen LogP contribution in [0.3, 0.4) is 0 Å². The van der Waals surface area contributed by atoms with Crippen molar-refractivity contribution in [1.29, 1.82) is 0 Å². The molecule has 6 nitrogen and oxygen atoms in total. The highest BCUT2D eigenvalue weighted by Gasteiger charge is 2.49. The van der Waals surface area contributed by atoms with E-state index in [1.807, 2.05) is 83.9 Å². The van der Waals surface area contributed by atoms with Crippen LogP contribution < -0.4 is 10.2 Å². The summed E-state index contributed by atoms with van der Waals surface area (Å²) in [6, 6.07) is 21.2. The van der Waals surface area contributed by atoms with Crippen LogP contribution in [-0.2, 0) is 22.6 Å². The highest BCUT2D eigenvalue weighted by molar-refractivity contribution is 6.08. The van der Waals surface area contributed by atoms with Crippen LogP contribution in [-0.4, -0.2) is 47.5 Å². The molecular formula is C32H33N3O3. The first-order valence-electron chi connectivity index (χ1n) is 13.0. The smallest absolute Gasteiger partial charge is 0.249 e. The van der Waals surface area contributed by atoms with Crippen LogP contribution in [0.15, 0.2) is 104 Å². The number of hydrazine groups is 1. The average molecular weight is 508 g/mol.